The quantitative estimate of drug-likeness (QED) is 0.485. The number of aliphatic hydroxyl groups excluding tert-OH is 1. The Balaban J connectivity index is 1.29. The molecule has 3 atom stereocenters. The highest BCUT2D eigenvalue weighted by atomic mass is 16.5. The first kappa shape index (κ1) is 26.6. The Morgan fingerprint density at radius 2 is 1.92 bits per heavy atom. The van der Waals surface area contributed by atoms with E-state index in [0.717, 1.165) is 33.6 Å². The fourth-order valence-corrected chi connectivity index (χ4v) is 5.69. The maximum absolute atomic E-state index is 13.9. The number of nitrogens with one attached hydrogen (secondary N) is 1. The second-order valence-corrected chi connectivity index (χ2v) is 10.8. The Kier molecular flexibility index (Phi) is 7.27. The van der Waals surface area contributed by atoms with Gasteiger partial charge in [-0.1, -0.05) is 55.4 Å². The van der Waals surface area contributed by atoms with Crippen LogP contribution in [0.5, 0.6) is 0 Å². The molecule has 2 aliphatic heterocycles. The molecule has 39 heavy (non-hydrogen) atoms. The van der Waals surface area contributed by atoms with Gasteiger partial charge in [0.2, 0.25) is 11.8 Å². The first-order valence-corrected chi connectivity index (χ1v) is 13.3. The summed E-state index contributed by atoms with van der Waals surface area (Å²) in [5.41, 5.74) is 5.33. The summed E-state index contributed by atoms with van der Waals surface area (Å²) in [5.74, 6) is -0.255. The summed E-state index contributed by atoms with van der Waals surface area (Å²) in [5, 5.41) is 17.2. The first-order valence-electron chi connectivity index (χ1n) is 13.3. The van der Waals surface area contributed by atoms with Gasteiger partial charge in [-0.25, -0.2) is 0 Å². The lowest BCUT2D eigenvalue weighted by molar-refractivity contribution is -0.143. The number of carbonyl (C=O) groups is 3. The predicted octanol–water partition coefficient (Wildman–Crippen LogP) is 3.22. The molecule has 2 aliphatic rings. The molecule has 204 valence electrons. The number of rotatable bonds is 7. The van der Waals surface area contributed by atoms with Crippen molar-refractivity contribution in [3.63, 3.8) is 0 Å². The van der Waals surface area contributed by atoms with E-state index >= 15 is 0 Å². The molecule has 0 saturated carbocycles. The van der Waals surface area contributed by atoms with Crippen LogP contribution in [0.3, 0.4) is 0 Å². The predicted molar refractivity (Wildman–Crippen MR) is 144 cm³/mol. The molecular weight excluding hydrogens is 496 g/mol. The van der Waals surface area contributed by atoms with E-state index in [2.05, 4.69) is 10.5 Å². The summed E-state index contributed by atoms with van der Waals surface area (Å²) in [6.07, 6.45) is 1.03. The van der Waals surface area contributed by atoms with Crippen LogP contribution >= 0.6 is 0 Å². The summed E-state index contributed by atoms with van der Waals surface area (Å²) in [4.78, 5) is 43.4. The topological polar surface area (TPSA) is 116 Å². The second-order valence-electron chi connectivity index (χ2n) is 10.8. The lowest BCUT2D eigenvalue weighted by atomic mass is 10.00. The van der Waals surface area contributed by atoms with Gasteiger partial charge < -0.3 is 24.7 Å². The number of hydrogen-bond donors (Lipinski definition) is 2. The smallest absolute Gasteiger partial charge is 0.255 e. The molecule has 1 saturated heterocycles. The van der Waals surface area contributed by atoms with Gasteiger partial charge in [-0.2, -0.15) is 0 Å². The minimum absolute atomic E-state index is 0.0565. The zero-order valence-electron chi connectivity index (χ0n) is 22.7. The van der Waals surface area contributed by atoms with Gasteiger partial charge in [0.05, 0.1) is 12.3 Å². The number of β-amino-alcohol motifs (C(OH)–C–C–N with tert-alkyl or cyclic N) is 1. The van der Waals surface area contributed by atoms with E-state index in [9.17, 15) is 19.5 Å². The van der Waals surface area contributed by atoms with Crippen molar-refractivity contribution in [3.8, 4) is 11.1 Å². The Hall–Kier alpha value is -3.98. The zero-order valence-corrected chi connectivity index (χ0v) is 22.7. The summed E-state index contributed by atoms with van der Waals surface area (Å²) >= 11 is 0. The van der Waals surface area contributed by atoms with Gasteiger partial charge in [0, 0.05) is 37.2 Å². The Morgan fingerprint density at radius 1 is 1.15 bits per heavy atom. The third kappa shape index (κ3) is 5.06. The maximum atomic E-state index is 13.9. The molecule has 1 aromatic heterocycles. The van der Waals surface area contributed by atoms with Gasteiger partial charge in [-0.3, -0.25) is 14.4 Å². The molecule has 0 bridgehead atoms. The SMILES string of the molecule is Cc1cc(-c2cnoc2C)ccc1CNC(=O)C1CC(O)CN1C(=O)C(C(C)C)N1Cc2ccccc2C1=O. The van der Waals surface area contributed by atoms with Gasteiger partial charge >= 0.3 is 0 Å². The van der Waals surface area contributed by atoms with Crippen molar-refractivity contribution in [3.05, 3.63) is 76.7 Å². The number of fused-ring (bicyclic) bond motifs is 1. The summed E-state index contributed by atoms with van der Waals surface area (Å²) in [6.45, 7) is 8.32. The van der Waals surface area contributed by atoms with E-state index in [0.29, 0.717) is 12.1 Å². The van der Waals surface area contributed by atoms with E-state index in [4.69, 9.17) is 4.52 Å². The first-order chi connectivity index (χ1) is 18.7. The Labute approximate surface area is 227 Å². The molecule has 9 heteroatoms. The van der Waals surface area contributed by atoms with Crippen molar-refractivity contribution in [1.82, 2.24) is 20.3 Å². The van der Waals surface area contributed by atoms with Crippen LogP contribution in [0.15, 0.2) is 53.2 Å². The van der Waals surface area contributed by atoms with Crippen LogP contribution in [0.25, 0.3) is 11.1 Å². The minimum atomic E-state index is -0.812. The van der Waals surface area contributed by atoms with Crippen LogP contribution in [0.4, 0.5) is 0 Å². The standard InChI is InChI=1S/C30H34N4O5/c1-17(2)27(34-15-22-7-5-6-8-24(22)29(34)37)30(38)33-16-23(35)12-26(33)28(36)31-13-21-10-9-20(11-18(21)3)25-14-32-39-19(25)4/h5-11,14,17,23,26-27,35H,12-13,15-16H2,1-4H3,(H,31,36). The van der Waals surface area contributed by atoms with Crippen LogP contribution in [-0.4, -0.2) is 62.5 Å². The molecule has 3 heterocycles. The maximum Gasteiger partial charge on any atom is 0.255 e. The normalized spacial score (nSPS) is 19.5. The summed E-state index contributed by atoms with van der Waals surface area (Å²) in [7, 11) is 0. The number of hydrogen-bond acceptors (Lipinski definition) is 6. The zero-order chi connectivity index (χ0) is 27.8. The Morgan fingerprint density at radius 3 is 2.59 bits per heavy atom. The lowest BCUT2D eigenvalue weighted by Crippen LogP contribution is -2.55. The van der Waals surface area contributed by atoms with Crippen LogP contribution < -0.4 is 5.32 Å². The number of aromatic nitrogens is 1. The fraction of sp³-hybridized carbons (Fsp3) is 0.400. The highest BCUT2D eigenvalue weighted by Crippen LogP contribution is 2.30. The molecule has 2 N–H and O–H groups in total. The van der Waals surface area contributed by atoms with Crippen molar-refractivity contribution in [2.45, 2.75) is 65.4 Å². The molecular formula is C30H34N4O5. The molecule has 3 amide bonds. The van der Waals surface area contributed by atoms with Crippen molar-refractivity contribution < 1.29 is 24.0 Å². The third-order valence-corrected chi connectivity index (χ3v) is 7.79. The van der Waals surface area contributed by atoms with E-state index in [1.54, 1.807) is 17.2 Å². The molecule has 3 unspecified atom stereocenters. The highest BCUT2D eigenvalue weighted by Gasteiger charge is 2.45. The van der Waals surface area contributed by atoms with Crippen molar-refractivity contribution in [2.24, 2.45) is 5.92 Å². The van der Waals surface area contributed by atoms with Crippen LogP contribution in [-0.2, 0) is 22.7 Å². The van der Waals surface area contributed by atoms with E-state index in [1.807, 2.05) is 64.1 Å². The Bertz CT molecular complexity index is 1410. The van der Waals surface area contributed by atoms with Crippen LogP contribution in [0.2, 0.25) is 0 Å². The molecule has 0 aliphatic carbocycles. The van der Waals surface area contributed by atoms with Crippen molar-refractivity contribution >= 4 is 17.7 Å². The van der Waals surface area contributed by atoms with Gasteiger partial charge in [-0.15, -0.1) is 0 Å². The number of nitrogens with zero attached hydrogens (tertiary/aromatic N) is 3. The third-order valence-electron chi connectivity index (χ3n) is 7.79. The summed E-state index contributed by atoms with van der Waals surface area (Å²) in [6, 6.07) is 11.8. The molecule has 5 rings (SSSR count). The van der Waals surface area contributed by atoms with Gasteiger partial charge in [-0.05, 0) is 48.1 Å². The number of aliphatic hydroxyl groups is 1. The number of likely N-dealkylation sites (tertiary alicyclic amines) is 1. The fourth-order valence-electron chi connectivity index (χ4n) is 5.69. The van der Waals surface area contributed by atoms with E-state index in [1.165, 1.54) is 4.90 Å². The average molecular weight is 531 g/mol. The monoisotopic (exact) mass is 530 g/mol. The van der Waals surface area contributed by atoms with Crippen LogP contribution in [0.1, 0.15) is 53.1 Å². The number of benzene rings is 2. The molecule has 2 aromatic carbocycles. The second kappa shape index (κ2) is 10.6. The van der Waals surface area contributed by atoms with Gasteiger partial charge in [0.25, 0.3) is 5.91 Å². The number of aryl methyl sites for hydroxylation is 2. The van der Waals surface area contributed by atoms with Gasteiger partial charge in [0.15, 0.2) is 0 Å². The number of amides is 3. The summed E-state index contributed by atoms with van der Waals surface area (Å²) < 4.78 is 5.17. The van der Waals surface area contributed by atoms with E-state index in [-0.39, 0.29) is 43.1 Å². The highest BCUT2D eigenvalue weighted by molar-refractivity contribution is 6.01. The molecule has 1 fully saturated rings. The van der Waals surface area contributed by atoms with Crippen molar-refractivity contribution in [1.29, 1.82) is 0 Å². The molecule has 3 aromatic rings. The molecule has 9 nitrogen and oxygen atoms in total. The van der Waals surface area contributed by atoms with Crippen molar-refractivity contribution in [2.75, 3.05) is 6.54 Å². The largest absolute Gasteiger partial charge is 0.391 e. The van der Waals surface area contributed by atoms with Crippen LogP contribution in [0, 0.1) is 19.8 Å². The number of carbonyl (C=O) groups excluding carboxylic acids is 3. The van der Waals surface area contributed by atoms with E-state index < -0.39 is 18.2 Å². The van der Waals surface area contributed by atoms with Gasteiger partial charge in [0.1, 0.15) is 17.8 Å². The molecule has 0 radical (unpaired) electrons. The average Bonchev–Trinajstić information content (AvgIpc) is 3.60. The minimum Gasteiger partial charge on any atom is -0.391 e. The molecule has 0 spiro atoms. The lowest BCUT2D eigenvalue weighted by Gasteiger charge is -2.35.